The van der Waals surface area contributed by atoms with Crippen LogP contribution in [0.15, 0.2) is 24.3 Å². The minimum atomic E-state index is -0.856. The van der Waals surface area contributed by atoms with Crippen molar-refractivity contribution in [3.63, 3.8) is 0 Å². The molecule has 0 aliphatic rings. The third kappa shape index (κ3) is 4.75. The van der Waals surface area contributed by atoms with Crippen LogP contribution in [0.2, 0.25) is 0 Å². The van der Waals surface area contributed by atoms with E-state index in [1.165, 1.54) is 0 Å². The largest absolute Gasteiger partial charge is 0.497 e. The van der Waals surface area contributed by atoms with Gasteiger partial charge in [-0.15, -0.1) is 0 Å². The summed E-state index contributed by atoms with van der Waals surface area (Å²) < 4.78 is 10.2. The molecular formula is C14H20O4. The van der Waals surface area contributed by atoms with E-state index in [1.54, 1.807) is 52.1 Å². The molecule has 1 unspecified atom stereocenters. The molecule has 1 aromatic rings. The number of hydrogen-bond donors (Lipinski definition) is 1. The van der Waals surface area contributed by atoms with E-state index in [0.29, 0.717) is 11.3 Å². The van der Waals surface area contributed by atoms with Crippen LogP contribution in [-0.2, 0) is 9.53 Å². The molecule has 0 aliphatic heterocycles. The van der Waals surface area contributed by atoms with Crippen LogP contribution < -0.4 is 4.74 Å². The zero-order chi connectivity index (χ0) is 13.8. The van der Waals surface area contributed by atoms with Crippen molar-refractivity contribution < 1.29 is 19.4 Å². The zero-order valence-corrected chi connectivity index (χ0v) is 11.3. The Morgan fingerprint density at radius 2 is 1.83 bits per heavy atom. The first-order valence-corrected chi connectivity index (χ1v) is 5.85. The van der Waals surface area contributed by atoms with Crippen molar-refractivity contribution in [2.45, 2.75) is 38.9 Å². The smallest absolute Gasteiger partial charge is 0.309 e. The molecule has 0 saturated heterocycles. The molecule has 4 heteroatoms. The molecule has 0 saturated carbocycles. The average molecular weight is 252 g/mol. The maximum absolute atomic E-state index is 11.6. The molecule has 1 rings (SSSR count). The predicted octanol–water partition coefficient (Wildman–Crippen LogP) is 2.46. The topological polar surface area (TPSA) is 55.8 Å². The van der Waals surface area contributed by atoms with Crippen molar-refractivity contribution in [1.29, 1.82) is 0 Å². The van der Waals surface area contributed by atoms with Crippen molar-refractivity contribution in [3.8, 4) is 5.75 Å². The lowest BCUT2D eigenvalue weighted by Crippen LogP contribution is -2.24. The van der Waals surface area contributed by atoms with Gasteiger partial charge in [0.25, 0.3) is 0 Å². The quantitative estimate of drug-likeness (QED) is 0.836. The fraction of sp³-hybridized carbons (Fsp3) is 0.500. The number of aliphatic hydroxyl groups excluding tert-OH is 1. The zero-order valence-electron chi connectivity index (χ0n) is 11.3. The summed E-state index contributed by atoms with van der Waals surface area (Å²) in [5, 5.41) is 9.91. The molecular weight excluding hydrogens is 232 g/mol. The maximum atomic E-state index is 11.6. The van der Waals surface area contributed by atoms with Gasteiger partial charge >= 0.3 is 5.97 Å². The van der Waals surface area contributed by atoms with Crippen molar-refractivity contribution in [3.05, 3.63) is 29.8 Å². The third-order valence-electron chi connectivity index (χ3n) is 2.28. The molecule has 4 nitrogen and oxygen atoms in total. The summed E-state index contributed by atoms with van der Waals surface area (Å²) >= 11 is 0. The Labute approximate surface area is 108 Å². The Balaban J connectivity index is 2.59. The molecule has 1 atom stereocenters. The maximum Gasteiger partial charge on any atom is 0.309 e. The SMILES string of the molecule is COc1ccc(C(O)CC(=O)OC(C)(C)C)cc1. The van der Waals surface area contributed by atoms with Gasteiger partial charge in [-0.3, -0.25) is 4.79 Å². The number of benzene rings is 1. The molecule has 0 amide bonds. The first kappa shape index (κ1) is 14.5. The highest BCUT2D eigenvalue weighted by Crippen LogP contribution is 2.21. The predicted molar refractivity (Wildman–Crippen MR) is 68.4 cm³/mol. The highest BCUT2D eigenvalue weighted by Gasteiger charge is 2.20. The molecule has 18 heavy (non-hydrogen) atoms. The Bertz CT molecular complexity index is 389. The Hall–Kier alpha value is -1.55. The van der Waals surface area contributed by atoms with Crippen LogP contribution in [-0.4, -0.2) is 23.8 Å². The molecule has 0 heterocycles. The third-order valence-corrected chi connectivity index (χ3v) is 2.28. The average Bonchev–Trinajstić information content (AvgIpc) is 2.26. The Morgan fingerprint density at radius 3 is 2.28 bits per heavy atom. The number of rotatable bonds is 4. The summed E-state index contributed by atoms with van der Waals surface area (Å²) in [6.07, 6.45) is -0.908. The van der Waals surface area contributed by atoms with E-state index < -0.39 is 17.7 Å². The van der Waals surface area contributed by atoms with Crippen LogP contribution in [0.4, 0.5) is 0 Å². The van der Waals surface area contributed by atoms with Gasteiger partial charge in [0.1, 0.15) is 11.4 Å². The van der Waals surface area contributed by atoms with E-state index in [2.05, 4.69) is 0 Å². The molecule has 0 bridgehead atoms. The molecule has 0 aliphatic carbocycles. The van der Waals surface area contributed by atoms with Gasteiger partial charge in [0.2, 0.25) is 0 Å². The molecule has 0 spiro atoms. The Kier molecular flexibility index (Phi) is 4.73. The van der Waals surface area contributed by atoms with Crippen molar-refractivity contribution in [2.75, 3.05) is 7.11 Å². The Morgan fingerprint density at radius 1 is 1.28 bits per heavy atom. The van der Waals surface area contributed by atoms with Crippen LogP contribution in [0, 0.1) is 0 Å². The van der Waals surface area contributed by atoms with Gasteiger partial charge in [-0.25, -0.2) is 0 Å². The summed E-state index contributed by atoms with van der Waals surface area (Å²) in [7, 11) is 1.58. The van der Waals surface area contributed by atoms with Crippen molar-refractivity contribution >= 4 is 5.97 Å². The summed E-state index contributed by atoms with van der Waals surface area (Å²) in [6.45, 7) is 5.39. The van der Waals surface area contributed by atoms with Crippen LogP contribution in [0.1, 0.15) is 38.9 Å². The van der Waals surface area contributed by atoms with Crippen LogP contribution in [0.3, 0.4) is 0 Å². The summed E-state index contributed by atoms with van der Waals surface area (Å²) in [5.74, 6) is 0.300. The minimum absolute atomic E-state index is 0.0520. The number of carbonyl (C=O) groups is 1. The molecule has 0 aromatic heterocycles. The number of hydrogen-bond acceptors (Lipinski definition) is 4. The van der Waals surface area contributed by atoms with Gasteiger partial charge in [0, 0.05) is 0 Å². The second-order valence-electron chi connectivity index (χ2n) is 5.08. The molecule has 0 radical (unpaired) electrons. The molecule has 1 N–H and O–H groups in total. The van der Waals surface area contributed by atoms with Gasteiger partial charge in [0.15, 0.2) is 0 Å². The monoisotopic (exact) mass is 252 g/mol. The first-order chi connectivity index (χ1) is 8.31. The lowest BCUT2D eigenvalue weighted by Gasteiger charge is -2.20. The van der Waals surface area contributed by atoms with E-state index in [-0.39, 0.29) is 6.42 Å². The van der Waals surface area contributed by atoms with Gasteiger partial charge in [0.05, 0.1) is 19.6 Å². The number of esters is 1. The molecule has 1 aromatic carbocycles. The van der Waals surface area contributed by atoms with E-state index >= 15 is 0 Å². The second-order valence-corrected chi connectivity index (χ2v) is 5.08. The van der Waals surface area contributed by atoms with Crippen molar-refractivity contribution in [1.82, 2.24) is 0 Å². The fourth-order valence-corrected chi connectivity index (χ4v) is 1.48. The van der Waals surface area contributed by atoms with Crippen LogP contribution >= 0.6 is 0 Å². The van der Waals surface area contributed by atoms with Gasteiger partial charge in [-0.05, 0) is 38.5 Å². The normalized spacial score (nSPS) is 12.9. The number of methoxy groups -OCH3 is 1. The standard InChI is InChI=1S/C14H20O4/c1-14(2,3)18-13(16)9-12(15)10-5-7-11(17-4)8-6-10/h5-8,12,15H,9H2,1-4H3. The first-order valence-electron chi connectivity index (χ1n) is 5.85. The summed E-state index contributed by atoms with van der Waals surface area (Å²) in [6, 6.07) is 6.95. The molecule has 100 valence electrons. The molecule has 0 fully saturated rings. The van der Waals surface area contributed by atoms with E-state index in [0.717, 1.165) is 0 Å². The number of ether oxygens (including phenoxy) is 2. The second kappa shape index (κ2) is 5.87. The van der Waals surface area contributed by atoms with Crippen LogP contribution in [0.25, 0.3) is 0 Å². The fourth-order valence-electron chi connectivity index (χ4n) is 1.48. The lowest BCUT2D eigenvalue weighted by molar-refractivity contribution is -0.157. The number of aliphatic hydroxyl groups is 1. The minimum Gasteiger partial charge on any atom is -0.497 e. The lowest BCUT2D eigenvalue weighted by atomic mass is 10.1. The van der Waals surface area contributed by atoms with E-state index in [4.69, 9.17) is 9.47 Å². The van der Waals surface area contributed by atoms with E-state index in [9.17, 15) is 9.90 Å². The van der Waals surface area contributed by atoms with Crippen LogP contribution in [0.5, 0.6) is 5.75 Å². The highest BCUT2D eigenvalue weighted by atomic mass is 16.6. The highest BCUT2D eigenvalue weighted by molar-refractivity contribution is 5.70. The van der Waals surface area contributed by atoms with E-state index in [1.807, 2.05) is 0 Å². The van der Waals surface area contributed by atoms with Gasteiger partial charge < -0.3 is 14.6 Å². The van der Waals surface area contributed by atoms with Crippen molar-refractivity contribution in [2.24, 2.45) is 0 Å². The van der Waals surface area contributed by atoms with Gasteiger partial charge in [-0.1, -0.05) is 12.1 Å². The van der Waals surface area contributed by atoms with Gasteiger partial charge in [-0.2, -0.15) is 0 Å². The number of carbonyl (C=O) groups excluding carboxylic acids is 1. The summed E-state index contributed by atoms with van der Waals surface area (Å²) in [4.78, 5) is 11.6. The summed E-state index contributed by atoms with van der Waals surface area (Å²) in [5.41, 5.74) is 0.137.